The first-order valence-corrected chi connectivity index (χ1v) is 4.95. The van der Waals surface area contributed by atoms with Gasteiger partial charge in [-0.3, -0.25) is 14.7 Å². The van der Waals surface area contributed by atoms with E-state index in [0.29, 0.717) is 0 Å². The number of hydrogen-bond donors (Lipinski definition) is 2. The Morgan fingerprint density at radius 2 is 1.07 bits per heavy atom. The molecule has 5 nitrogen and oxygen atoms in total. The van der Waals surface area contributed by atoms with E-state index in [1.165, 1.54) is 0 Å². The largest absolute Gasteiger partial charge is 0.307 e. The normalized spacial score (nSPS) is 12.0. The van der Waals surface area contributed by atoms with Crippen molar-refractivity contribution in [1.82, 2.24) is 25.3 Å². The lowest BCUT2D eigenvalue weighted by molar-refractivity contribution is 0.112. The number of nitrogens with one attached hydrogen (secondary N) is 2. The highest BCUT2D eigenvalue weighted by Gasteiger charge is 2.04. The van der Waals surface area contributed by atoms with Gasteiger partial charge < -0.3 is 10.6 Å². The van der Waals surface area contributed by atoms with Crippen LogP contribution in [0, 0.1) is 0 Å². The number of nitrogens with zero attached hydrogens (tertiary/aromatic N) is 3. The standard InChI is InChI=1S/C9H25N5/c1-10-6-12(3)8-14(5)9-13(4)7-11-2/h10-11H,6-9H2,1-5H3. The van der Waals surface area contributed by atoms with Crippen LogP contribution in [0.4, 0.5) is 0 Å². The summed E-state index contributed by atoms with van der Waals surface area (Å²) in [5.41, 5.74) is 0. The molecule has 0 unspecified atom stereocenters. The van der Waals surface area contributed by atoms with Gasteiger partial charge in [-0.2, -0.15) is 0 Å². The van der Waals surface area contributed by atoms with Crippen molar-refractivity contribution in [3.05, 3.63) is 0 Å². The molecule has 0 saturated heterocycles. The molecule has 0 spiro atoms. The van der Waals surface area contributed by atoms with Crippen molar-refractivity contribution < 1.29 is 0 Å². The molecular formula is C9H25N5. The molecule has 0 saturated carbocycles. The number of hydrogen-bond acceptors (Lipinski definition) is 5. The van der Waals surface area contributed by atoms with Gasteiger partial charge in [0.1, 0.15) is 0 Å². The summed E-state index contributed by atoms with van der Waals surface area (Å²) in [4.78, 5) is 6.73. The van der Waals surface area contributed by atoms with Gasteiger partial charge in [-0.1, -0.05) is 0 Å². The van der Waals surface area contributed by atoms with Gasteiger partial charge in [-0.25, -0.2) is 0 Å². The molecule has 2 N–H and O–H groups in total. The summed E-state index contributed by atoms with van der Waals surface area (Å²) < 4.78 is 0. The molecule has 0 bridgehead atoms. The molecule has 0 aromatic rings. The first-order chi connectivity index (χ1) is 6.60. The zero-order valence-corrected chi connectivity index (χ0v) is 10.2. The van der Waals surface area contributed by atoms with E-state index in [2.05, 4.69) is 46.5 Å². The van der Waals surface area contributed by atoms with Crippen LogP contribution in [0.1, 0.15) is 0 Å². The summed E-state index contributed by atoms with van der Waals surface area (Å²) in [6.45, 7) is 3.77. The Kier molecular flexibility index (Phi) is 8.02. The smallest absolute Gasteiger partial charge is 0.0523 e. The summed E-state index contributed by atoms with van der Waals surface area (Å²) in [6.07, 6.45) is 0. The summed E-state index contributed by atoms with van der Waals surface area (Å²) in [7, 11) is 10.3. The van der Waals surface area contributed by atoms with Crippen molar-refractivity contribution in [1.29, 1.82) is 0 Å². The molecule has 0 aliphatic heterocycles. The highest BCUT2D eigenvalue weighted by atomic mass is 15.4. The second-order valence-electron chi connectivity index (χ2n) is 3.87. The quantitative estimate of drug-likeness (QED) is 0.497. The van der Waals surface area contributed by atoms with Gasteiger partial charge in [0.2, 0.25) is 0 Å². The van der Waals surface area contributed by atoms with Crippen LogP contribution in [0.2, 0.25) is 0 Å². The van der Waals surface area contributed by atoms with Gasteiger partial charge in [-0.15, -0.1) is 0 Å². The summed E-state index contributed by atoms with van der Waals surface area (Å²) in [5, 5.41) is 6.25. The Morgan fingerprint density at radius 1 is 0.714 bits per heavy atom. The molecule has 5 heteroatoms. The molecule has 0 aliphatic carbocycles. The Balaban J connectivity index is 3.57. The maximum atomic E-state index is 3.12. The van der Waals surface area contributed by atoms with E-state index < -0.39 is 0 Å². The van der Waals surface area contributed by atoms with Crippen molar-refractivity contribution in [3.63, 3.8) is 0 Å². The molecule has 0 aromatic carbocycles. The third-order valence-electron chi connectivity index (χ3n) is 1.82. The van der Waals surface area contributed by atoms with Gasteiger partial charge in [0.25, 0.3) is 0 Å². The van der Waals surface area contributed by atoms with Crippen molar-refractivity contribution in [2.24, 2.45) is 0 Å². The van der Waals surface area contributed by atoms with Crippen LogP contribution in [0.3, 0.4) is 0 Å². The molecule has 0 rings (SSSR count). The molecule has 0 radical (unpaired) electrons. The molecule has 0 aliphatic rings. The Bertz CT molecular complexity index is 116. The van der Waals surface area contributed by atoms with Gasteiger partial charge in [0.05, 0.1) is 13.3 Å². The first-order valence-electron chi connectivity index (χ1n) is 4.95. The zero-order valence-electron chi connectivity index (χ0n) is 10.2. The summed E-state index contributed by atoms with van der Waals surface area (Å²) in [5.74, 6) is 0. The lowest BCUT2D eigenvalue weighted by Crippen LogP contribution is -2.43. The van der Waals surface area contributed by atoms with E-state index in [-0.39, 0.29) is 0 Å². The van der Waals surface area contributed by atoms with Crippen LogP contribution < -0.4 is 10.6 Å². The molecular weight excluding hydrogens is 178 g/mol. The van der Waals surface area contributed by atoms with E-state index in [0.717, 1.165) is 26.7 Å². The minimum Gasteiger partial charge on any atom is -0.307 e. The predicted molar refractivity (Wildman–Crippen MR) is 60.9 cm³/mol. The second-order valence-corrected chi connectivity index (χ2v) is 3.87. The predicted octanol–water partition coefficient (Wildman–Crippen LogP) is -0.949. The van der Waals surface area contributed by atoms with Crippen molar-refractivity contribution in [2.45, 2.75) is 0 Å². The van der Waals surface area contributed by atoms with Crippen molar-refractivity contribution in [3.8, 4) is 0 Å². The fraction of sp³-hybridized carbons (Fsp3) is 1.00. The summed E-state index contributed by atoms with van der Waals surface area (Å²) >= 11 is 0. The van der Waals surface area contributed by atoms with E-state index in [9.17, 15) is 0 Å². The van der Waals surface area contributed by atoms with Gasteiger partial charge in [-0.05, 0) is 35.2 Å². The van der Waals surface area contributed by atoms with E-state index >= 15 is 0 Å². The summed E-state index contributed by atoms with van der Waals surface area (Å²) in [6, 6.07) is 0. The zero-order chi connectivity index (χ0) is 11.0. The lowest BCUT2D eigenvalue weighted by atomic mass is 10.6. The fourth-order valence-corrected chi connectivity index (χ4v) is 1.51. The van der Waals surface area contributed by atoms with Crippen LogP contribution in [-0.2, 0) is 0 Å². The van der Waals surface area contributed by atoms with Crippen LogP contribution in [-0.4, -0.2) is 76.6 Å². The lowest BCUT2D eigenvalue weighted by Gasteiger charge is -2.28. The van der Waals surface area contributed by atoms with Crippen LogP contribution >= 0.6 is 0 Å². The minimum absolute atomic E-state index is 0.917. The van der Waals surface area contributed by atoms with Crippen LogP contribution in [0.25, 0.3) is 0 Å². The Morgan fingerprint density at radius 3 is 1.36 bits per heavy atom. The van der Waals surface area contributed by atoms with Crippen molar-refractivity contribution >= 4 is 0 Å². The fourth-order valence-electron chi connectivity index (χ4n) is 1.51. The monoisotopic (exact) mass is 203 g/mol. The molecule has 0 amide bonds. The molecule has 0 heterocycles. The van der Waals surface area contributed by atoms with Gasteiger partial charge >= 0.3 is 0 Å². The Labute approximate surface area is 88.0 Å². The third kappa shape index (κ3) is 7.23. The highest BCUT2D eigenvalue weighted by Crippen LogP contribution is 1.88. The highest BCUT2D eigenvalue weighted by molar-refractivity contribution is 4.51. The topological polar surface area (TPSA) is 33.8 Å². The van der Waals surface area contributed by atoms with E-state index in [1.54, 1.807) is 0 Å². The van der Waals surface area contributed by atoms with Gasteiger partial charge in [0.15, 0.2) is 0 Å². The SMILES string of the molecule is CNCN(C)CN(C)CN(C)CNC. The van der Waals surface area contributed by atoms with Gasteiger partial charge in [0, 0.05) is 13.3 Å². The maximum absolute atomic E-state index is 3.12. The minimum atomic E-state index is 0.917. The molecule has 0 fully saturated rings. The van der Waals surface area contributed by atoms with Crippen LogP contribution in [0.15, 0.2) is 0 Å². The average molecular weight is 203 g/mol. The first kappa shape index (κ1) is 13.8. The molecule has 0 aromatic heterocycles. The third-order valence-corrected chi connectivity index (χ3v) is 1.82. The van der Waals surface area contributed by atoms with Crippen molar-refractivity contribution in [2.75, 3.05) is 61.9 Å². The molecule has 14 heavy (non-hydrogen) atoms. The van der Waals surface area contributed by atoms with Crippen LogP contribution in [0.5, 0.6) is 0 Å². The maximum Gasteiger partial charge on any atom is 0.0523 e. The second kappa shape index (κ2) is 8.14. The average Bonchev–Trinajstić information content (AvgIpc) is 2.03. The molecule has 86 valence electrons. The van der Waals surface area contributed by atoms with E-state index in [1.807, 2.05) is 14.1 Å². The molecule has 0 atom stereocenters. The number of rotatable bonds is 8. The van der Waals surface area contributed by atoms with E-state index in [4.69, 9.17) is 0 Å². The Hall–Kier alpha value is -0.200.